The van der Waals surface area contributed by atoms with E-state index in [4.69, 9.17) is 19.2 Å². The fourth-order valence-corrected chi connectivity index (χ4v) is 4.51. The van der Waals surface area contributed by atoms with Gasteiger partial charge in [-0.05, 0) is 63.9 Å². The van der Waals surface area contributed by atoms with E-state index in [1.54, 1.807) is 11.9 Å². The number of anilines is 1. The van der Waals surface area contributed by atoms with Gasteiger partial charge < -0.3 is 19.1 Å². The fraction of sp³-hybridized carbons (Fsp3) is 0.464. The molecule has 7 nitrogen and oxygen atoms in total. The van der Waals surface area contributed by atoms with E-state index >= 15 is 0 Å². The Labute approximate surface area is 207 Å². The predicted octanol–water partition coefficient (Wildman–Crippen LogP) is 5.22. The van der Waals surface area contributed by atoms with Crippen LogP contribution in [-0.2, 0) is 19.1 Å². The van der Waals surface area contributed by atoms with Crippen LogP contribution in [0.2, 0.25) is 0 Å². The molecule has 2 aliphatic heterocycles. The molecular formula is C28H34N2O5. The van der Waals surface area contributed by atoms with Crippen molar-refractivity contribution in [3.8, 4) is 5.75 Å². The highest BCUT2D eigenvalue weighted by Crippen LogP contribution is 2.50. The van der Waals surface area contributed by atoms with Gasteiger partial charge in [-0.1, -0.05) is 31.5 Å². The smallest absolute Gasteiger partial charge is 0.306 e. The molecule has 2 aromatic rings. The minimum absolute atomic E-state index is 0.0554. The summed E-state index contributed by atoms with van der Waals surface area (Å²) in [7, 11) is 1.74. The number of hydrogen-bond acceptors (Lipinski definition) is 6. The van der Waals surface area contributed by atoms with Gasteiger partial charge in [0.05, 0.1) is 12.3 Å². The Hall–Kier alpha value is -3.35. The number of aliphatic imine (C=N–C) groups is 1. The first-order valence-corrected chi connectivity index (χ1v) is 12.2. The Morgan fingerprint density at radius 3 is 2.54 bits per heavy atom. The van der Waals surface area contributed by atoms with Crippen molar-refractivity contribution >= 4 is 23.5 Å². The summed E-state index contributed by atoms with van der Waals surface area (Å²) >= 11 is 0. The molecule has 0 fully saturated rings. The van der Waals surface area contributed by atoms with Gasteiger partial charge in [0.2, 0.25) is 5.90 Å². The largest absolute Gasteiger partial charge is 0.494 e. The van der Waals surface area contributed by atoms with Gasteiger partial charge >= 0.3 is 5.97 Å². The summed E-state index contributed by atoms with van der Waals surface area (Å²) in [6.07, 6.45) is 1.68. The number of nitrogens with zero attached hydrogens (tertiary/aromatic N) is 2. The Kier molecular flexibility index (Phi) is 6.88. The highest BCUT2D eigenvalue weighted by Gasteiger charge is 2.58. The Bertz CT molecular complexity index is 1120. The van der Waals surface area contributed by atoms with Crippen LogP contribution in [0, 0.1) is 0 Å². The molecule has 0 bridgehead atoms. The van der Waals surface area contributed by atoms with Crippen molar-refractivity contribution in [2.24, 2.45) is 4.99 Å². The summed E-state index contributed by atoms with van der Waals surface area (Å²) in [6, 6.07) is 15.2. The number of amides is 1. The van der Waals surface area contributed by atoms with E-state index in [-0.39, 0.29) is 24.7 Å². The van der Waals surface area contributed by atoms with Gasteiger partial charge in [0.1, 0.15) is 11.4 Å². The molecule has 0 aliphatic carbocycles. The van der Waals surface area contributed by atoms with Gasteiger partial charge in [0.25, 0.3) is 5.91 Å². The van der Waals surface area contributed by atoms with Crippen molar-refractivity contribution in [3.63, 3.8) is 0 Å². The number of likely N-dealkylation sites (N-methyl/N-ethyl adjacent to an activating group) is 1. The van der Waals surface area contributed by atoms with E-state index in [2.05, 4.69) is 6.92 Å². The molecule has 0 aromatic heterocycles. The second-order valence-electron chi connectivity index (χ2n) is 10.1. The molecule has 0 spiro atoms. The van der Waals surface area contributed by atoms with Crippen LogP contribution in [0.5, 0.6) is 5.75 Å². The highest BCUT2D eigenvalue weighted by molar-refractivity contribution is 6.08. The maximum Gasteiger partial charge on any atom is 0.306 e. The topological polar surface area (TPSA) is 77.4 Å². The lowest BCUT2D eigenvalue weighted by atomic mass is 9.79. The molecule has 7 heteroatoms. The third kappa shape index (κ3) is 5.04. The number of unbranched alkanes of at least 4 members (excludes halogenated alkanes) is 1. The van der Waals surface area contributed by atoms with Crippen LogP contribution >= 0.6 is 0 Å². The fourth-order valence-electron chi connectivity index (χ4n) is 4.51. The number of fused-ring (bicyclic) bond motifs is 3. The summed E-state index contributed by atoms with van der Waals surface area (Å²) < 4.78 is 17.7. The van der Waals surface area contributed by atoms with Gasteiger partial charge in [0, 0.05) is 24.6 Å². The molecule has 2 aliphatic rings. The molecule has 2 aromatic carbocycles. The van der Waals surface area contributed by atoms with Gasteiger partial charge in [-0.25, -0.2) is 4.99 Å². The van der Waals surface area contributed by atoms with Crippen molar-refractivity contribution in [1.82, 2.24) is 0 Å². The summed E-state index contributed by atoms with van der Waals surface area (Å²) in [5.74, 6) is 0.605. The maximum atomic E-state index is 13.7. The van der Waals surface area contributed by atoms with E-state index in [9.17, 15) is 9.59 Å². The number of rotatable bonds is 8. The van der Waals surface area contributed by atoms with Gasteiger partial charge in [-0.2, -0.15) is 0 Å². The zero-order chi connectivity index (χ0) is 25.2. The van der Waals surface area contributed by atoms with Crippen molar-refractivity contribution in [1.29, 1.82) is 0 Å². The third-order valence-corrected chi connectivity index (χ3v) is 6.22. The van der Waals surface area contributed by atoms with Gasteiger partial charge in [0.15, 0.2) is 11.6 Å². The van der Waals surface area contributed by atoms with Crippen molar-refractivity contribution in [2.75, 3.05) is 18.6 Å². The summed E-state index contributed by atoms with van der Waals surface area (Å²) in [5.41, 5.74) is 0.566. The molecule has 1 amide bonds. The van der Waals surface area contributed by atoms with Crippen molar-refractivity contribution in [3.05, 3.63) is 59.7 Å². The van der Waals surface area contributed by atoms with Crippen molar-refractivity contribution in [2.45, 2.75) is 70.6 Å². The Morgan fingerprint density at radius 1 is 1.14 bits per heavy atom. The average Bonchev–Trinajstić information content (AvgIpc) is 3.22. The number of para-hydroxylation sites is 1. The lowest BCUT2D eigenvalue weighted by molar-refractivity contribution is -0.155. The molecular weight excluding hydrogens is 444 g/mol. The summed E-state index contributed by atoms with van der Waals surface area (Å²) in [4.78, 5) is 32.8. The highest BCUT2D eigenvalue weighted by atomic mass is 16.6. The molecule has 186 valence electrons. The van der Waals surface area contributed by atoms with Gasteiger partial charge in [-0.3, -0.25) is 9.59 Å². The first-order chi connectivity index (χ1) is 16.6. The van der Waals surface area contributed by atoms with Crippen LogP contribution in [0.1, 0.15) is 70.6 Å². The monoisotopic (exact) mass is 478 g/mol. The molecule has 0 saturated carbocycles. The normalized spacial score (nSPS) is 21.1. The molecule has 2 atom stereocenters. The molecule has 35 heavy (non-hydrogen) atoms. The van der Waals surface area contributed by atoms with Crippen LogP contribution in [0.25, 0.3) is 0 Å². The van der Waals surface area contributed by atoms with Crippen molar-refractivity contribution < 1.29 is 23.8 Å². The zero-order valence-corrected chi connectivity index (χ0v) is 21.2. The quantitative estimate of drug-likeness (QED) is 0.384. The lowest BCUT2D eigenvalue weighted by Crippen LogP contribution is -2.53. The minimum Gasteiger partial charge on any atom is -0.494 e. The number of benzene rings is 2. The molecule has 4 rings (SSSR count). The maximum absolute atomic E-state index is 13.7. The number of ether oxygens (including phenoxy) is 3. The first kappa shape index (κ1) is 24.8. The zero-order valence-electron chi connectivity index (χ0n) is 21.2. The van der Waals surface area contributed by atoms with E-state index in [1.807, 2.05) is 69.3 Å². The predicted molar refractivity (Wildman–Crippen MR) is 135 cm³/mol. The molecule has 0 unspecified atom stereocenters. The van der Waals surface area contributed by atoms with E-state index in [0.717, 1.165) is 35.4 Å². The molecule has 2 heterocycles. The average molecular weight is 479 g/mol. The number of hydrogen-bond donors (Lipinski definition) is 0. The third-order valence-electron chi connectivity index (χ3n) is 6.22. The van der Waals surface area contributed by atoms with E-state index < -0.39 is 17.2 Å². The lowest BCUT2D eigenvalue weighted by Gasteiger charge is -2.40. The second kappa shape index (κ2) is 9.72. The summed E-state index contributed by atoms with van der Waals surface area (Å²) in [5, 5.41) is 0. The molecule has 0 N–H and O–H groups in total. The van der Waals surface area contributed by atoms with Crippen LogP contribution in [0.4, 0.5) is 5.69 Å². The molecule has 0 saturated heterocycles. The molecule has 0 radical (unpaired) electrons. The van der Waals surface area contributed by atoms with E-state index in [0.29, 0.717) is 12.5 Å². The number of esters is 1. The number of carbonyl (C=O) groups is 2. The number of carbonyl (C=O) groups excluding carboxylic acids is 2. The van der Waals surface area contributed by atoms with Gasteiger partial charge in [-0.15, -0.1) is 0 Å². The van der Waals surface area contributed by atoms with E-state index in [1.165, 1.54) is 0 Å². The first-order valence-electron chi connectivity index (χ1n) is 12.2. The standard InChI is InChI=1S/C28H34N2O5/c1-6-7-18-33-20-14-12-19(13-15-20)25-29-28(17-16-23(31)35-27(2,3)4)24(34-25)21-10-8-9-11-22(21)30(5)26(28)32/h8-15,24H,6-7,16-18H2,1-5H3/t24-,28-/m1/s1. The second-order valence-corrected chi connectivity index (χ2v) is 10.1. The van der Waals surface area contributed by atoms with Crippen LogP contribution < -0.4 is 9.64 Å². The summed E-state index contributed by atoms with van der Waals surface area (Å²) in [6.45, 7) is 8.27. The van der Waals surface area contributed by atoms with Crippen LogP contribution in [0.15, 0.2) is 53.5 Å². The van der Waals surface area contributed by atoms with Crippen LogP contribution in [-0.4, -0.2) is 42.6 Å². The Balaban J connectivity index is 1.66. The minimum atomic E-state index is -1.24. The Morgan fingerprint density at radius 2 is 1.86 bits per heavy atom. The SMILES string of the molecule is CCCCOc1ccc(C2=N[C@@]3(CCC(=O)OC(C)(C)C)C(=O)N(C)c4ccccc4[C@H]3O2)cc1. The van der Waals surface area contributed by atoms with Crippen LogP contribution in [0.3, 0.4) is 0 Å².